The van der Waals surface area contributed by atoms with Gasteiger partial charge in [-0.3, -0.25) is 4.79 Å². The van der Waals surface area contributed by atoms with Crippen molar-refractivity contribution in [2.75, 3.05) is 34.0 Å². The standard InChI is InChI=1S/C25H27N5O5/c1-16-5-6-17(2)20(13-16)35-15-23(31)26-11-12-34-24-10-9-22-27-28-25(30(22)29-24)19-8-7-18(32-3)14-21(19)33-4/h5-10,13-14H,11-12,15H2,1-4H3,(H,26,31). The molecule has 0 aliphatic rings. The third-order valence-corrected chi connectivity index (χ3v) is 5.26. The average molecular weight is 478 g/mol. The highest BCUT2D eigenvalue weighted by atomic mass is 16.5. The molecule has 1 N–H and O–H groups in total. The number of aryl methyl sites for hydroxylation is 2. The average Bonchev–Trinajstić information content (AvgIpc) is 3.29. The molecule has 0 spiro atoms. The Morgan fingerprint density at radius 2 is 1.80 bits per heavy atom. The summed E-state index contributed by atoms with van der Waals surface area (Å²) in [6, 6.07) is 14.7. The van der Waals surface area contributed by atoms with Gasteiger partial charge in [0.1, 0.15) is 23.9 Å². The maximum atomic E-state index is 12.1. The van der Waals surface area contributed by atoms with Gasteiger partial charge in [-0.2, -0.15) is 4.52 Å². The number of fused-ring (bicyclic) bond motifs is 1. The number of hydrogen-bond donors (Lipinski definition) is 1. The van der Waals surface area contributed by atoms with E-state index in [2.05, 4.69) is 20.6 Å². The Kier molecular flexibility index (Phi) is 7.30. The predicted molar refractivity (Wildman–Crippen MR) is 129 cm³/mol. The van der Waals surface area contributed by atoms with Crippen LogP contribution in [0.4, 0.5) is 0 Å². The largest absolute Gasteiger partial charge is 0.497 e. The number of rotatable bonds is 10. The van der Waals surface area contributed by atoms with E-state index in [1.165, 1.54) is 0 Å². The van der Waals surface area contributed by atoms with Crippen LogP contribution in [0.1, 0.15) is 11.1 Å². The normalized spacial score (nSPS) is 10.7. The van der Waals surface area contributed by atoms with Crippen molar-refractivity contribution in [2.45, 2.75) is 13.8 Å². The molecule has 182 valence electrons. The number of carbonyl (C=O) groups is 1. The lowest BCUT2D eigenvalue weighted by molar-refractivity contribution is -0.123. The first-order valence-corrected chi connectivity index (χ1v) is 11.0. The molecule has 10 nitrogen and oxygen atoms in total. The van der Waals surface area contributed by atoms with Gasteiger partial charge in [0.25, 0.3) is 5.91 Å². The highest BCUT2D eigenvalue weighted by Crippen LogP contribution is 2.32. The summed E-state index contributed by atoms with van der Waals surface area (Å²) in [6.45, 7) is 4.39. The molecule has 4 aromatic rings. The quantitative estimate of drug-likeness (QED) is 0.347. The van der Waals surface area contributed by atoms with Gasteiger partial charge in [0.05, 0.1) is 26.3 Å². The first kappa shape index (κ1) is 23.8. The summed E-state index contributed by atoms with van der Waals surface area (Å²) < 4.78 is 23.7. The zero-order valence-electron chi connectivity index (χ0n) is 20.1. The molecule has 0 bridgehead atoms. The summed E-state index contributed by atoms with van der Waals surface area (Å²) in [5, 5.41) is 15.7. The number of hydrogen-bond acceptors (Lipinski definition) is 8. The van der Waals surface area contributed by atoms with Crippen LogP contribution >= 0.6 is 0 Å². The maximum Gasteiger partial charge on any atom is 0.258 e. The van der Waals surface area contributed by atoms with Crippen molar-refractivity contribution >= 4 is 11.6 Å². The number of amides is 1. The molecular formula is C25H27N5O5. The summed E-state index contributed by atoms with van der Waals surface area (Å²) in [5.41, 5.74) is 3.32. The molecule has 0 fully saturated rings. The lowest BCUT2D eigenvalue weighted by Crippen LogP contribution is -2.32. The molecule has 2 aromatic carbocycles. The smallest absolute Gasteiger partial charge is 0.258 e. The lowest BCUT2D eigenvalue weighted by Gasteiger charge is -2.11. The van der Waals surface area contributed by atoms with E-state index in [1.807, 2.05) is 44.2 Å². The van der Waals surface area contributed by atoms with Crippen LogP contribution in [0.25, 0.3) is 17.0 Å². The van der Waals surface area contributed by atoms with Crippen LogP contribution in [-0.4, -0.2) is 59.7 Å². The van der Waals surface area contributed by atoms with E-state index >= 15 is 0 Å². The summed E-state index contributed by atoms with van der Waals surface area (Å²) in [6.07, 6.45) is 0. The van der Waals surface area contributed by atoms with Gasteiger partial charge < -0.3 is 24.3 Å². The number of nitrogens with one attached hydrogen (secondary N) is 1. The van der Waals surface area contributed by atoms with E-state index in [1.54, 1.807) is 36.9 Å². The molecule has 0 saturated carbocycles. The van der Waals surface area contributed by atoms with Crippen molar-refractivity contribution in [3.05, 3.63) is 59.7 Å². The van der Waals surface area contributed by atoms with Crippen LogP contribution in [0.15, 0.2) is 48.5 Å². The fourth-order valence-electron chi connectivity index (χ4n) is 3.40. The van der Waals surface area contributed by atoms with Gasteiger partial charge in [0.2, 0.25) is 5.88 Å². The molecule has 0 unspecified atom stereocenters. The summed E-state index contributed by atoms with van der Waals surface area (Å²) >= 11 is 0. The van der Waals surface area contributed by atoms with Gasteiger partial charge in [0.15, 0.2) is 18.1 Å². The molecule has 10 heteroatoms. The summed E-state index contributed by atoms with van der Waals surface area (Å²) in [7, 11) is 3.16. The summed E-state index contributed by atoms with van der Waals surface area (Å²) in [5.74, 6) is 2.59. The second kappa shape index (κ2) is 10.7. The Bertz CT molecular complexity index is 1340. The number of nitrogens with zero attached hydrogens (tertiary/aromatic N) is 4. The zero-order valence-corrected chi connectivity index (χ0v) is 20.1. The van der Waals surface area contributed by atoms with Crippen LogP contribution in [0.3, 0.4) is 0 Å². The first-order valence-electron chi connectivity index (χ1n) is 11.0. The van der Waals surface area contributed by atoms with Crippen molar-refractivity contribution in [3.63, 3.8) is 0 Å². The third kappa shape index (κ3) is 5.60. The van der Waals surface area contributed by atoms with Gasteiger partial charge >= 0.3 is 0 Å². The fourth-order valence-corrected chi connectivity index (χ4v) is 3.40. The second-order valence-corrected chi connectivity index (χ2v) is 7.79. The Labute approximate surface area is 202 Å². The van der Waals surface area contributed by atoms with Gasteiger partial charge in [-0.15, -0.1) is 15.3 Å². The maximum absolute atomic E-state index is 12.1. The minimum absolute atomic E-state index is 0.0672. The van der Waals surface area contributed by atoms with E-state index in [0.29, 0.717) is 46.7 Å². The van der Waals surface area contributed by atoms with Crippen LogP contribution in [0.2, 0.25) is 0 Å². The predicted octanol–water partition coefficient (Wildman–Crippen LogP) is 3.00. The molecule has 4 rings (SSSR count). The molecule has 35 heavy (non-hydrogen) atoms. The summed E-state index contributed by atoms with van der Waals surface area (Å²) in [4.78, 5) is 12.1. The molecule has 0 aliphatic carbocycles. The molecular weight excluding hydrogens is 450 g/mol. The van der Waals surface area contributed by atoms with Crippen LogP contribution in [0, 0.1) is 13.8 Å². The molecule has 0 radical (unpaired) electrons. The highest BCUT2D eigenvalue weighted by Gasteiger charge is 2.16. The van der Waals surface area contributed by atoms with Crippen LogP contribution < -0.4 is 24.3 Å². The van der Waals surface area contributed by atoms with Gasteiger partial charge in [0, 0.05) is 12.1 Å². The fraction of sp³-hybridized carbons (Fsp3) is 0.280. The number of benzene rings is 2. The van der Waals surface area contributed by atoms with E-state index in [0.717, 1.165) is 11.1 Å². The Morgan fingerprint density at radius 1 is 0.943 bits per heavy atom. The minimum Gasteiger partial charge on any atom is -0.497 e. The number of ether oxygens (including phenoxy) is 4. The SMILES string of the molecule is COc1ccc(-c2nnc3ccc(OCCNC(=O)COc4cc(C)ccc4C)nn23)c(OC)c1. The lowest BCUT2D eigenvalue weighted by atomic mass is 10.1. The number of carbonyl (C=O) groups excluding carboxylic acids is 1. The van der Waals surface area contributed by atoms with E-state index < -0.39 is 0 Å². The van der Waals surface area contributed by atoms with Crippen LogP contribution in [0.5, 0.6) is 23.1 Å². The molecule has 2 aromatic heterocycles. The van der Waals surface area contributed by atoms with Crippen molar-refractivity contribution in [1.29, 1.82) is 0 Å². The minimum atomic E-state index is -0.231. The molecule has 0 aliphatic heterocycles. The number of methoxy groups -OCH3 is 2. The van der Waals surface area contributed by atoms with Gasteiger partial charge in [-0.1, -0.05) is 12.1 Å². The monoisotopic (exact) mass is 477 g/mol. The molecule has 0 atom stereocenters. The highest BCUT2D eigenvalue weighted by molar-refractivity contribution is 5.77. The second-order valence-electron chi connectivity index (χ2n) is 7.79. The van der Waals surface area contributed by atoms with Gasteiger partial charge in [-0.25, -0.2) is 0 Å². The van der Waals surface area contributed by atoms with Crippen molar-refractivity contribution in [2.24, 2.45) is 0 Å². The van der Waals surface area contributed by atoms with Crippen molar-refractivity contribution in [1.82, 2.24) is 25.1 Å². The number of aromatic nitrogens is 4. The van der Waals surface area contributed by atoms with Crippen LogP contribution in [-0.2, 0) is 4.79 Å². The van der Waals surface area contributed by atoms with E-state index in [-0.39, 0.29) is 19.1 Å². The van der Waals surface area contributed by atoms with E-state index in [9.17, 15) is 4.79 Å². The Balaban J connectivity index is 1.35. The van der Waals surface area contributed by atoms with Gasteiger partial charge in [-0.05, 0) is 49.2 Å². The molecule has 1 amide bonds. The topological polar surface area (TPSA) is 109 Å². The van der Waals surface area contributed by atoms with Crippen molar-refractivity contribution < 1.29 is 23.7 Å². The molecule has 0 saturated heterocycles. The Hall–Kier alpha value is -4.34. The van der Waals surface area contributed by atoms with E-state index in [4.69, 9.17) is 18.9 Å². The third-order valence-electron chi connectivity index (χ3n) is 5.26. The molecule has 2 heterocycles. The zero-order chi connectivity index (χ0) is 24.8. The van der Waals surface area contributed by atoms with Crippen molar-refractivity contribution in [3.8, 4) is 34.5 Å². The first-order chi connectivity index (χ1) is 17.0. The Morgan fingerprint density at radius 3 is 2.60 bits per heavy atom.